The van der Waals surface area contributed by atoms with Crippen molar-refractivity contribution in [2.24, 2.45) is 0 Å². The van der Waals surface area contributed by atoms with Crippen LogP contribution in [0.25, 0.3) is 11.0 Å². The van der Waals surface area contributed by atoms with Gasteiger partial charge >= 0.3 is 0 Å². The van der Waals surface area contributed by atoms with Gasteiger partial charge < -0.3 is 0 Å². The van der Waals surface area contributed by atoms with Crippen LogP contribution in [0.15, 0.2) is 35.4 Å². The van der Waals surface area contributed by atoms with Gasteiger partial charge in [-0.15, -0.1) is 0 Å². The molecule has 0 atom stereocenters. The quantitative estimate of drug-likeness (QED) is 0.619. The maximum Gasteiger partial charge on any atom is 0.291 e. The number of halogens is 1. The average molecular weight is 355 g/mol. The standard InChI is InChI=1S/C11H6IN3OS/c12-8-3-1-7(2-4-8)5-9-10(16)15-11(17-9)13-6-14-15/h1-6H. The molecule has 1 aromatic carbocycles. The summed E-state index contributed by atoms with van der Waals surface area (Å²) in [7, 11) is 0. The molecule has 0 aliphatic heterocycles. The fourth-order valence-corrected chi connectivity index (χ4v) is 2.73. The second-order valence-corrected chi connectivity index (χ2v) is 5.68. The lowest BCUT2D eigenvalue weighted by atomic mass is 10.2. The van der Waals surface area contributed by atoms with E-state index >= 15 is 0 Å². The molecule has 0 aliphatic rings. The third-order valence-corrected chi connectivity index (χ3v) is 3.98. The highest BCUT2D eigenvalue weighted by atomic mass is 127. The maximum absolute atomic E-state index is 11.9. The molecule has 0 unspecified atom stereocenters. The van der Waals surface area contributed by atoms with Crippen LogP contribution >= 0.6 is 33.9 Å². The highest BCUT2D eigenvalue weighted by Crippen LogP contribution is 2.07. The topological polar surface area (TPSA) is 47.3 Å². The highest BCUT2D eigenvalue weighted by Gasteiger charge is 2.04. The van der Waals surface area contributed by atoms with Gasteiger partial charge in [-0.05, 0) is 46.4 Å². The molecule has 0 aliphatic carbocycles. The predicted molar refractivity (Wildman–Crippen MR) is 75.1 cm³/mol. The first-order valence-corrected chi connectivity index (χ1v) is 6.73. The molecule has 0 spiro atoms. The molecule has 0 saturated heterocycles. The number of nitrogens with zero attached hydrogens (tertiary/aromatic N) is 3. The molecule has 17 heavy (non-hydrogen) atoms. The highest BCUT2D eigenvalue weighted by molar-refractivity contribution is 14.1. The molecule has 0 amide bonds. The monoisotopic (exact) mass is 355 g/mol. The molecular formula is C11H6IN3OS. The van der Waals surface area contributed by atoms with Gasteiger partial charge in [0.25, 0.3) is 5.56 Å². The Balaban J connectivity index is 2.20. The molecule has 0 radical (unpaired) electrons. The molecule has 4 nitrogen and oxygen atoms in total. The van der Waals surface area contributed by atoms with E-state index in [-0.39, 0.29) is 5.56 Å². The Morgan fingerprint density at radius 1 is 1.29 bits per heavy atom. The van der Waals surface area contributed by atoms with E-state index in [9.17, 15) is 4.79 Å². The summed E-state index contributed by atoms with van der Waals surface area (Å²) in [6, 6.07) is 7.98. The second-order valence-electron chi connectivity index (χ2n) is 3.42. The minimum Gasteiger partial charge on any atom is -0.266 e. The molecule has 0 saturated carbocycles. The molecule has 0 N–H and O–H groups in total. The molecular weight excluding hydrogens is 349 g/mol. The van der Waals surface area contributed by atoms with Gasteiger partial charge in [-0.2, -0.15) is 9.61 Å². The van der Waals surface area contributed by atoms with Crippen LogP contribution in [0.2, 0.25) is 0 Å². The lowest BCUT2D eigenvalue weighted by Crippen LogP contribution is -2.23. The molecule has 0 bridgehead atoms. The number of rotatable bonds is 1. The second kappa shape index (κ2) is 4.19. The summed E-state index contributed by atoms with van der Waals surface area (Å²) in [5.74, 6) is 0. The van der Waals surface area contributed by atoms with Gasteiger partial charge in [0.1, 0.15) is 6.33 Å². The van der Waals surface area contributed by atoms with E-state index in [0.717, 1.165) is 5.56 Å². The van der Waals surface area contributed by atoms with Crippen molar-refractivity contribution < 1.29 is 0 Å². The number of hydrogen-bond acceptors (Lipinski definition) is 4. The first kappa shape index (κ1) is 10.8. The van der Waals surface area contributed by atoms with Gasteiger partial charge in [0, 0.05) is 3.57 Å². The third kappa shape index (κ3) is 1.98. The number of fused-ring (bicyclic) bond motifs is 1. The first-order chi connectivity index (χ1) is 8.24. The fourth-order valence-electron chi connectivity index (χ4n) is 1.49. The lowest BCUT2D eigenvalue weighted by Gasteiger charge is -1.91. The van der Waals surface area contributed by atoms with Crippen molar-refractivity contribution in [2.45, 2.75) is 0 Å². The molecule has 3 aromatic rings. The molecule has 3 rings (SSSR count). The van der Waals surface area contributed by atoms with Crippen molar-refractivity contribution in [3.05, 3.63) is 54.6 Å². The van der Waals surface area contributed by atoms with Crippen molar-refractivity contribution >= 4 is 45.0 Å². The van der Waals surface area contributed by atoms with Crippen LogP contribution < -0.4 is 10.1 Å². The van der Waals surface area contributed by atoms with Crippen LogP contribution in [-0.2, 0) is 0 Å². The Hall–Kier alpha value is -1.28. The van der Waals surface area contributed by atoms with Crippen LogP contribution in [-0.4, -0.2) is 14.6 Å². The number of thiazole rings is 1. The van der Waals surface area contributed by atoms with Crippen molar-refractivity contribution in [3.63, 3.8) is 0 Å². The van der Waals surface area contributed by atoms with Crippen LogP contribution in [0.5, 0.6) is 0 Å². The number of benzene rings is 1. The molecule has 2 heterocycles. The first-order valence-electron chi connectivity index (χ1n) is 4.84. The molecule has 84 valence electrons. The fraction of sp³-hybridized carbons (Fsp3) is 0. The van der Waals surface area contributed by atoms with Gasteiger partial charge in [0.2, 0.25) is 4.96 Å². The van der Waals surface area contributed by atoms with Gasteiger partial charge in [-0.25, -0.2) is 4.98 Å². The zero-order valence-corrected chi connectivity index (χ0v) is 11.5. The summed E-state index contributed by atoms with van der Waals surface area (Å²) < 4.78 is 3.15. The molecule has 2 aromatic heterocycles. The van der Waals surface area contributed by atoms with E-state index in [1.165, 1.54) is 25.7 Å². The van der Waals surface area contributed by atoms with Crippen LogP contribution in [0.1, 0.15) is 5.56 Å². The van der Waals surface area contributed by atoms with E-state index in [4.69, 9.17) is 0 Å². The van der Waals surface area contributed by atoms with E-state index in [1.807, 2.05) is 30.3 Å². The van der Waals surface area contributed by atoms with Gasteiger partial charge in [0.15, 0.2) is 0 Å². The zero-order valence-electron chi connectivity index (χ0n) is 8.50. The van der Waals surface area contributed by atoms with E-state index in [1.54, 1.807) is 0 Å². The van der Waals surface area contributed by atoms with Gasteiger partial charge in [-0.1, -0.05) is 23.5 Å². The molecule has 6 heteroatoms. The SMILES string of the molecule is O=c1c(=Cc2ccc(I)cc2)sc2ncnn12. The smallest absolute Gasteiger partial charge is 0.266 e. The van der Waals surface area contributed by atoms with E-state index in [2.05, 4.69) is 32.7 Å². The lowest BCUT2D eigenvalue weighted by molar-refractivity contribution is 0.932. The maximum atomic E-state index is 11.9. The van der Waals surface area contributed by atoms with Gasteiger partial charge in [0.05, 0.1) is 4.53 Å². The summed E-state index contributed by atoms with van der Waals surface area (Å²) in [6.07, 6.45) is 3.25. The third-order valence-electron chi connectivity index (χ3n) is 2.29. The summed E-state index contributed by atoms with van der Waals surface area (Å²) in [4.78, 5) is 16.5. The minimum absolute atomic E-state index is 0.110. The van der Waals surface area contributed by atoms with Crippen molar-refractivity contribution in [1.82, 2.24) is 14.6 Å². The predicted octanol–water partition coefficient (Wildman–Crippen LogP) is 1.30. The zero-order chi connectivity index (χ0) is 11.8. The van der Waals surface area contributed by atoms with Crippen molar-refractivity contribution in [3.8, 4) is 0 Å². The van der Waals surface area contributed by atoms with E-state index in [0.29, 0.717) is 9.49 Å². The Labute approximate surface area is 114 Å². The van der Waals surface area contributed by atoms with E-state index < -0.39 is 0 Å². The Morgan fingerprint density at radius 3 is 2.76 bits per heavy atom. The number of aromatic nitrogens is 3. The Bertz CT molecular complexity index is 775. The largest absolute Gasteiger partial charge is 0.291 e. The summed E-state index contributed by atoms with van der Waals surface area (Å²) in [6.45, 7) is 0. The minimum atomic E-state index is -0.110. The van der Waals surface area contributed by atoms with Crippen molar-refractivity contribution in [1.29, 1.82) is 0 Å². The van der Waals surface area contributed by atoms with Crippen molar-refractivity contribution in [2.75, 3.05) is 0 Å². The summed E-state index contributed by atoms with van der Waals surface area (Å²) >= 11 is 3.60. The van der Waals surface area contributed by atoms with Crippen LogP contribution in [0, 0.1) is 3.57 Å². The van der Waals surface area contributed by atoms with Crippen LogP contribution in [0.3, 0.4) is 0 Å². The van der Waals surface area contributed by atoms with Crippen LogP contribution in [0.4, 0.5) is 0 Å². The summed E-state index contributed by atoms with van der Waals surface area (Å²) in [5.41, 5.74) is 0.896. The average Bonchev–Trinajstić information content (AvgIpc) is 2.87. The Morgan fingerprint density at radius 2 is 2.06 bits per heavy atom. The summed E-state index contributed by atoms with van der Waals surface area (Å²) in [5, 5.41) is 3.88. The van der Waals surface area contributed by atoms with Gasteiger partial charge in [-0.3, -0.25) is 4.79 Å². The normalized spacial score (nSPS) is 12.4. The molecule has 0 fully saturated rings. The Kier molecular flexibility index (Phi) is 2.67. The number of hydrogen-bond donors (Lipinski definition) is 0.